The topological polar surface area (TPSA) is 99.5 Å². The molecule has 0 bridgehead atoms. The van der Waals surface area contributed by atoms with Gasteiger partial charge in [0.15, 0.2) is 15.5 Å². The highest BCUT2D eigenvalue weighted by Gasteiger charge is 2.36. The summed E-state index contributed by atoms with van der Waals surface area (Å²) in [6.07, 6.45) is 2.62. The van der Waals surface area contributed by atoms with E-state index in [2.05, 4.69) is 10.4 Å². The molecule has 1 saturated heterocycles. The van der Waals surface area contributed by atoms with E-state index >= 15 is 0 Å². The summed E-state index contributed by atoms with van der Waals surface area (Å²) in [7, 11) is 0.0460. The Morgan fingerprint density at radius 3 is 2.57 bits per heavy atom. The minimum atomic E-state index is -3.03. The van der Waals surface area contributed by atoms with Gasteiger partial charge in [-0.3, -0.25) is 9.48 Å². The number of methoxy groups -OCH3 is 2. The van der Waals surface area contributed by atoms with Crippen molar-refractivity contribution in [2.45, 2.75) is 31.2 Å². The largest absolute Gasteiger partial charge is 0.497 e. The summed E-state index contributed by atoms with van der Waals surface area (Å²) in [6.45, 7) is 0. The number of sulfone groups is 1. The van der Waals surface area contributed by atoms with Crippen molar-refractivity contribution in [3.8, 4) is 11.5 Å². The summed E-state index contributed by atoms with van der Waals surface area (Å²) < 4.78 is 36.0. The van der Waals surface area contributed by atoms with Crippen LogP contribution in [0.5, 0.6) is 11.5 Å². The zero-order chi connectivity index (χ0) is 19.9. The fourth-order valence-electron chi connectivity index (χ4n) is 3.55. The number of hydrogen-bond donors (Lipinski definition) is 1. The van der Waals surface area contributed by atoms with Crippen LogP contribution in [-0.4, -0.2) is 49.8 Å². The van der Waals surface area contributed by atoms with Crippen LogP contribution in [0.15, 0.2) is 24.3 Å². The first-order valence-electron chi connectivity index (χ1n) is 9.23. The Hall–Kier alpha value is -2.55. The Morgan fingerprint density at radius 2 is 1.96 bits per heavy atom. The highest BCUT2D eigenvalue weighted by atomic mass is 32.2. The molecule has 1 atom stereocenters. The van der Waals surface area contributed by atoms with Crippen LogP contribution < -0.4 is 14.8 Å². The molecule has 1 aliphatic carbocycles. The van der Waals surface area contributed by atoms with E-state index in [0.717, 1.165) is 18.5 Å². The number of benzene rings is 1. The lowest BCUT2D eigenvalue weighted by atomic mass is 10.2. The van der Waals surface area contributed by atoms with Gasteiger partial charge in [0.05, 0.1) is 37.5 Å². The molecule has 0 radical (unpaired) electrons. The van der Waals surface area contributed by atoms with Crippen molar-refractivity contribution in [3.63, 3.8) is 0 Å². The van der Waals surface area contributed by atoms with E-state index in [-0.39, 0.29) is 29.1 Å². The molecular weight excluding hydrogens is 382 g/mol. The number of nitrogens with one attached hydrogen (secondary N) is 1. The van der Waals surface area contributed by atoms with Crippen LogP contribution in [0.3, 0.4) is 0 Å². The van der Waals surface area contributed by atoms with E-state index in [1.54, 1.807) is 36.1 Å². The van der Waals surface area contributed by atoms with Gasteiger partial charge in [0.25, 0.3) is 5.91 Å². The molecule has 0 spiro atoms. The van der Waals surface area contributed by atoms with Crippen molar-refractivity contribution >= 4 is 21.4 Å². The molecule has 28 heavy (non-hydrogen) atoms. The Kier molecular flexibility index (Phi) is 4.78. The molecule has 1 aliphatic heterocycles. The number of ether oxygens (including phenoxy) is 2. The van der Waals surface area contributed by atoms with Crippen LogP contribution >= 0.6 is 0 Å². The number of aromatic nitrogens is 2. The maximum atomic E-state index is 12.8. The third-order valence-electron chi connectivity index (χ3n) is 5.20. The average Bonchev–Trinajstić information content (AvgIpc) is 3.32. The summed E-state index contributed by atoms with van der Waals surface area (Å²) in [5.74, 6) is 1.36. The minimum Gasteiger partial charge on any atom is -0.497 e. The Morgan fingerprint density at radius 1 is 1.18 bits per heavy atom. The van der Waals surface area contributed by atoms with Crippen LogP contribution in [0.4, 0.5) is 5.69 Å². The molecule has 1 saturated carbocycles. The molecule has 2 aliphatic rings. The van der Waals surface area contributed by atoms with Gasteiger partial charge in [-0.2, -0.15) is 5.10 Å². The quantitative estimate of drug-likeness (QED) is 0.792. The van der Waals surface area contributed by atoms with Crippen LogP contribution in [0.1, 0.15) is 47.4 Å². The summed E-state index contributed by atoms with van der Waals surface area (Å²) in [5, 5.41) is 7.30. The van der Waals surface area contributed by atoms with Crippen LogP contribution in [0.2, 0.25) is 0 Å². The van der Waals surface area contributed by atoms with Crippen molar-refractivity contribution < 1.29 is 22.7 Å². The molecule has 4 rings (SSSR count). The molecule has 0 unspecified atom stereocenters. The van der Waals surface area contributed by atoms with Crippen molar-refractivity contribution in [3.05, 3.63) is 35.7 Å². The lowest BCUT2D eigenvalue weighted by molar-refractivity contribution is 0.102. The highest BCUT2D eigenvalue weighted by Crippen LogP contribution is 2.42. The molecular formula is C19H23N3O5S. The first-order chi connectivity index (χ1) is 13.4. The third kappa shape index (κ3) is 3.71. The van der Waals surface area contributed by atoms with Gasteiger partial charge in [0, 0.05) is 17.7 Å². The van der Waals surface area contributed by atoms with Gasteiger partial charge >= 0.3 is 0 Å². The first kappa shape index (κ1) is 18.8. The van der Waals surface area contributed by atoms with E-state index in [1.165, 1.54) is 7.11 Å². The predicted molar refractivity (Wildman–Crippen MR) is 104 cm³/mol. The van der Waals surface area contributed by atoms with Crippen LogP contribution in [-0.2, 0) is 9.84 Å². The maximum absolute atomic E-state index is 12.8. The number of anilines is 1. The maximum Gasteiger partial charge on any atom is 0.276 e. The smallest absolute Gasteiger partial charge is 0.276 e. The number of carbonyl (C=O) groups excluding carboxylic acids is 1. The molecule has 2 aromatic rings. The second-order valence-corrected chi connectivity index (χ2v) is 9.48. The molecule has 2 fully saturated rings. The molecule has 150 valence electrons. The third-order valence-corrected chi connectivity index (χ3v) is 6.95. The molecule has 1 N–H and O–H groups in total. The molecule has 1 amide bonds. The molecule has 2 heterocycles. The van der Waals surface area contributed by atoms with Crippen molar-refractivity contribution in [2.24, 2.45) is 0 Å². The van der Waals surface area contributed by atoms with Gasteiger partial charge in [0.2, 0.25) is 0 Å². The number of amides is 1. The Balaban J connectivity index is 1.59. The second-order valence-electron chi connectivity index (χ2n) is 7.25. The van der Waals surface area contributed by atoms with Crippen molar-refractivity contribution in [2.75, 3.05) is 31.0 Å². The monoisotopic (exact) mass is 405 g/mol. The Bertz CT molecular complexity index is 1010. The SMILES string of the molecule is COc1ccc(NC(=O)c2cc(C3CC3)n([C@@H]3CCS(=O)(=O)C3)n2)c(OC)c1. The number of rotatable bonds is 6. The van der Waals surface area contributed by atoms with Gasteiger partial charge in [-0.1, -0.05) is 0 Å². The minimum absolute atomic E-state index is 0.0851. The fourth-order valence-corrected chi connectivity index (χ4v) is 5.24. The van der Waals surface area contributed by atoms with Crippen molar-refractivity contribution in [1.29, 1.82) is 0 Å². The standard InChI is InChI=1S/C19H23N3O5S/c1-26-14-5-6-15(18(9-14)27-2)20-19(23)16-10-17(12-3-4-12)22(21-16)13-7-8-28(24,25)11-13/h5-6,9-10,12-13H,3-4,7-8,11H2,1-2H3,(H,20,23)/t13-/m1/s1. The molecule has 1 aromatic carbocycles. The molecule has 8 nitrogen and oxygen atoms in total. The number of carbonyl (C=O) groups is 1. The second kappa shape index (κ2) is 7.12. The van der Waals surface area contributed by atoms with Crippen LogP contribution in [0.25, 0.3) is 0 Å². The normalized spacial score (nSPS) is 20.7. The zero-order valence-corrected chi connectivity index (χ0v) is 16.7. The van der Waals surface area contributed by atoms with Gasteiger partial charge in [-0.25, -0.2) is 8.42 Å². The van der Waals surface area contributed by atoms with E-state index < -0.39 is 9.84 Å². The van der Waals surface area contributed by atoms with Gasteiger partial charge in [0.1, 0.15) is 11.5 Å². The first-order valence-corrected chi connectivity index (χ1v) is 11.1. The van der Waals surface area contributed by atoms with E-state index in [4.69, 9.17) is 9.47 Å². The van der Waals surface area contributed by atoms with E-state index in [9.17, 15) is 13.2 Å². The molecule has 1 aromatic heterocycles. The average molecular weight is 405 g/mol. The summed E-state index contributed by atoms with van der Waals surface area (Å²) in [6, 6.07) is 6.71. The summed E-state index contributed by atoms with van der Waals surface area (Å²) >= 11 is 0. The number of nitrogens with zero attached hydrogens (tertiary/aromatic N) is 2. The highest BCUT2D eigenvalue weighted by molar-refractivity contribution is 7.91. The lowest BCUT2D eigenvalue weighted by Gasteiger charge is -2.12. The van der Waals surface area contributed by atoms with Crippen LogP contribution in [0, 0.1) is 0 Å². The summed E-state index contributed by atoms with van der Waals surface area (Å²) in [5.41, 5.74) is 1.75. The van der Waals surface area contributed by atoms with Gasteiger partial charge in [-0.05, 0) is 37.5 Å². The Labute approximate surface area is 163 Å². The van der Waals surface area contributed by atoms with Crippen molar-refractivity contribution in [1.82, 2.24) is 9.78 Å². The van der Waals surface area contributed by atoms with E-state index in [0.29, 0.717) is 29.5 Å². The lowest BCUT2D eigenvalue weighted by Crippen LogP contribution is -2.17. The fraction of sp³-hybridized carbons (Fsp3) is 0.474. The zero-order valence-electron chi connectivity index (χ0n) is 15.8. The predicted octanol–water partition coefficient (Wildman–Crippen LogP) is 2.39. The molecule has 9 heteroatoms. The summed E-state index contributed by atoms with van der Waals surface area (Å²) in [4.78, 5) is 12.8. The van der Waals surface area contributed by atoms with Gasteiger partial charge in [-0.15, -0.1) is 0 Å². The van der Waals surface area contributed by atoms with Gasteiger partial charge < -0.3 is 14.8 Å². The number of hydrogen-bond acceptors (Lipinski definition) is 6. The van der Waals surface area contributed by atoms with E-state index in [1.807, 2.05) is 0 Å².